The Labute approximate surface area is 122 Å². The van der Waals surface area contributed by atoms with E-state index in [-0.39, 0.29) is 16.7 Å². The molecule has 1 aromatic carbocycles. The van der Waals surface area contributed by atoms with Crippen LogP contribution in [0.5, 0.6) is 0 Å². The van der Waals surface area contributed by atoms with Crippen LogP contribution in [0, 0.1) is 11.3 Å². The average Bonchev–Trinajstić information content (AvgIpc) is 2.25. The van der Waals surface area contributed by atoms with Crippen molar-refractivity contribution >= 4 is 26.0 Å². The van der Waals surface area contributed by atoms with Crippen LogP contribution in [0.2, 0.25) is 0 Å². The van der Waals surface area contributed by atoms with Gasteiger partial charge in [-0.15, -0.1) is 0 Å². The van der Waals surface area contributed by atoms with Gasteiger partial charge in [-0.2, -0.15) is 5.26 Å². The fourth-order valence-corrected chi connectivity index (χ4v) is 3.82. The molecule has 0 saturated heterocycles. The van der Waals surface area contributed by atoms with E-state index in [0.717, 1.165) is 5.56 Å². The number of halogens is 1. The minimum absolute atomic E-state index is 0.0472. The van der Waals surface area contributed by atoms with Crippen LogP contribution >= 0.6 is 15.9 Å². The Bertz CT molecular complexity index is 644. The molecule has 4 nitrogen and oxygen atoms in total. The standard InChI is InChI=1S/C13H17BrN2O2S/c1-7(2)9-5-11(19(16,17)18)12(8(3)4)10(6-15)13(9)14/h5,7-8H,1-4H3,(H2,16,17,18). The fourth-order valence-electron chi connectivity index (χ4n) is 2.01. The first-order valence-corrected chi connectivity index (χ1v) is 8.24. The molecule has 0 amide bonds. The van der Waals surface area contributed by atoms with Gasteiger partial charge in [-0.1, -0.05) is 27.7 Å². The van der Waals surface area contributed by atoms with Crippen molar-refractivity contribution in [3.05, 3.63) is 27.2 Å². The van der Waals surface area contributed by atoms with Crippen molar-refractivity contribution in [2.45, 2.75) is 44.4 Å². The molecular weight excluding hydrogens is 328 g/mol. The minimum atomic E-state index is -3.86. The number of hydrogen-bond acceptors (Lipinski definition) is 3. The quantitative estimate of drug-likeness (QED) is 0.913. The summed E-state index contributed by atoms with van der Waals surface area (Å²) in [5.74, 6) is -0.0244. The number of nitrogens with zero attached hydrogens (tertiary/aromatic N) is 1. The summed E-state index contributed by atoms with van der Waals surface area (Å²) in [5, 5.41) is 14.6. The van der Waals surface area contributed by atoms with Crippen LogP contribution in [0.15, 0.2) is 15.4 Å². The summed E-state index contributed by atoms with van der Waals surface area (Å²) in [5.41, 5.74) is 1.59. The van der Waals surface area contributed by atoms with Crippen molar-refractivity contribution in [3.63, 3.8) is 0 Å². The maximum Gasteiger partial charge on any atom is 0.238 e. The second kappa shape index (κ2) is 5.61. The number of primary sulfonamides is 1. The molecular formula is C13H17BrN2O2S. The van der Waals surface area contributed by atoms with Gasteiger partial charge in [-0.05, 0) is 45.0 Å². The molecule has 0 unspecified atom stereocenters. The molecule has 1 rings (SSSR count). The summed E-state index contributed by atoms with van der Waals surface area (Å²) in [6, 6.07) is 3.66. The number of hydrogen-bond donors (Lipinski definition) is 1. The number of sulfonamides is 1. The van der Waals surface area contributed by atoms with Crippen molar-refractivity contribution < 1.29 is 8.42 Å². The molecule has 1 aromatic rings. The summed E-state index contributed by atoms with van der Waals surface area (Å²) in [4.78, 5) is 0.0472. The van der Waals surface area contributed by atoms with E-state index in [1.807, 2.05) is 27.7 Å². The van der Waals surface area contributed by atoms with Crippen LogP contribution in [0.4, 0.5) is 0 Å². The first kappa shape index (κ1) is 16.2. The van der Waals surface area contributed by atoms with Crippen LogP contribution in [0.1, 0.15) is 56.2 Å². The zero-order valence-electron chi connectivity index (χ0n) is 11.4. The Hall–Kier alpha value is -0.900. The van der Waals surface area contributed by atoms with E-state index in [0.29, 0.717) is 15.6 Å². The predicted octanol–water partition coefficient (Wildman–Crippen LogP) is 3.21. The highest BCUT2D eigenvalue weighted by Gasteiger charge is 2.25. The molecule has 0 saturated carbocycles. The molecule has 0 radical (unpaired) electrons. The van der Waals surface area contributed by atoms with E-state index >= 15 is 0 Å². The van der Waals surface area contributed by atoms with Gasteiger partial charge in [-0.25, -0.2) is 13.6 Å². The van der Waals surface area contributed by atoms with E-state index in [4.69, 9.17) is 5.14 Å². The SMILES string of the molecule is CC(C)c1cc(S(N)(=O)=O)c(C(C)C)c(C#N)c1Br. The zero-order chi connectivity index (χ0) is 15.0. The Kier molecular flexibility index (Phi) is 4.77. The molecule has 2 N–H and O–H groups in total. The topological polar surface area (TPSA) is 84.0 Å². The van der Waals surface area contributed by atoms with E-state index in [2.05, 4.69) is 22.0 Å². The molecule has 0 aromatic heterocycles. The molecule has 0 spiro atoms. The van der Waals surface area contributed by atoms with Gasteiger partial charge < -0.3 is 0 Å². The van der Waals surface area contributed by atoms with Crippen molar-refractivity contribution in [1.82, 2.24) is 0 Å². The van der Waals surface area contributed by atoms with Gasteiger partial charge in [-0.3, -0.25) is 0 Å². The Morgan fingerprint density at radius 3 is 2.11 bits per heavy atom. The lowest BCUT2D eigenvalue weighted by Gasteiger charge is -2.19. The van der Waals surface area contributed by atoms with Crippen molar-refractivity contribution in [2.24, 2.45) is 5.14 Å². The molecule has 0 aliphatic carbocycles. The maximum atomic E-state index is 11.8. The van der Waals surface area contributed by atoms with Gasteiger partial charge >= 0.3 is 0 Å². The molecule has 0 bridgehead atoms. The van der Waals surface area contributed by atoms with Gasteiger partial charge in [0.05, 0.1) is 10.5 Å². The molecule has 6 heteroatoms. The molecule has 0 atom stereocenters. The second-order valence-corrected chi connectivity index (χ2v) is 7.36. The number of rotatable bonds is 3. The van der Waals surface area contributed by atoms with Gasteiger partial charge in [0.2, 0.25) is 10.0 Å². The van der Waals surface area contributed by atoms with E-state index in [9.17, 15) is 13.7 Å². The van der Waals surface area contributed by atoms with E-state index in [1.165, 1.54) is 0 Å². The van der Waals surface area contributed by atoms with Gasteiger partial charge in [0.25, 0.3) is 0 Å². The highest BCUT2D eigenvalue weighted by atomic mass is 79.9. The summed E-state index contributed by atoms with van der Waals surface area (Å²) < 4.78 is 24.2. The predicted molar refractivity (Wildman–Crippen MR) is 78.4 cm³/mol. The van der Waals surface area contributed by atoms with Gasteiger partial charge in [0.1, 0.15) is 6.07 Å². The largest absolute Gasteiger partial charge is 0.238 e. The normalized spacial score (nSPS) is 11.9. The molecule has 0 heterocycles. The van der Waals surface area contributed by atoms with Gasteiger partial charge in [0.15, 0.2) is 0 Å². The third-order valence-corrected chi connectivity index (χ3v) is 4.72. The smallest absolute Gasteiger partial charge is 0.225 e. The van der Waals surface area contributed by atoms with Crippen LogP contribution in [-0.4, -0.2) is 8.42 Å². The number of nitrogens with two attached hydrogens (primary N) is 1. The lowest BCUT2D eigenvalue weighted by molar-refractivity contribution is 0.595. The molecule has 19 heavy (non-hydrogen) atoms. The first-order valence-electron chi connectivity index (χ1n) is 5.90. The third-order valence-electron chi connectivity index (χ3n) is 2.91. The van der Waals surface area contributed by atoms with Crippen molar-refractivity contribution in [3.8, 4) is 6.07 Å². The monoisotopic (exact) mass is 344 g/mol. The number of benzene rings is 1. The molecule has 104 valence electrons. The Morgan fingerprint density at radius 1 is 1.26 bits per heavy atom. The molecule has 0 aliphatic heterocycles. The van der Waals surface area contributed by atoms with Crippen LogP contribution in [-0.2, 0) is 10.0 Å². The second-order valence-electron chi connectivity index (χ2n) is 5.03. The lowest BCUT2D eigenvalue weighted by atomic mass is 9.92. The highest BCUT2D eigenvalue weighted by Crippen LogP contribution is 2.37. The summed E-state index contributed by atoms with van der Waals surface area (Å²) >= 11 is 3.40. The molecule has 0 fully saturated rings. The van der Waals surface area contributed by atoms with Gasteiger partial charge in [0, 0.05) is 4.47 Å². The Morgan fingerprint density at radius 2 is 1.79 bits per heavy atom. The average molecular weight is 345 g/mol. The minimum Gasteiger partial charge on any atom is -0.225 e. The van der Waals surface area contributed by atoms with Crippen LogP contribution in [0.3, 0.4) is 0 Å². The Balaban J connectivity index is 3.92. The van der Waals surface area contributed by atoms with Crippen LogP contribution in [0.25, 0.3) is 0 Å². The number of nitriles is 1. The maximum absolute atomic E-state index is 11.8. The summed E-state index contributed by atoms with van der Waals surface area (Å²) in [6.07, 6.45) is 0. The van der Waals surface area contributed by atoms with E-state index < -0.39 is 10.0 Å². The third kappa shape index (κ3) is 3.16. The van der Waals surface area contributed by atoms with Crippen LogP contribution < -0.4 is 5.14 Å². The first-order chi connectivity index (χ1) is 8.61. The highest BCUT2D eigenvalue weighted by molar-refractivity contribution is 9.10. The summed E-state index contributed by atoms with van der Waals surface area (Å²) in [6.45, 7) is 7.55. The fraction of sp³-hybridized carbons (Fsp3) is 0.462. The summed E-state index contributed by atoms with van der Waals surface area (Å²) in [7, 11) is -3.86. The zero-order valence-corrected chi connectivity index (χ0v) is 13.8. The lowest BCUT2D eigenvalue weighted by Crippen LogP contribution is -2.17. The molecule has 0 aliphatic rings. The van der Waals surface area contributed by atoms with Crippen molar-refractivity contribution in [2.75, 3.05) is 0 Å². The van der Waals surface area contributed by atoms with Crippen molar-refractivity contribution in [1.29, 1.82) is 5.26 Å². The van der Waals surface area contributed by atoms with E-state index in [1.54, 1.807) is 6.07 Å².